The molecule has 0 spiro atoms. The van der Waals surface area contributed by atoms with E-state index in [9.17, 15) is 9.59 Å². The summed E-state index contributed by atoms with van der Waals surface area (Å²) in [4.78, 5) is 21.1. The van der Waals surface area contributed by atoms with Crippen LogP contribution in [0.3, 0.4) is 0 Å². The Hall–Kier alpha value is 0.110. The Balaban J connectivity index is 2.34. The first-order valence-electron chi connectivity index (χ1n) is 5.17. The molecule has 2 bridgehead atoms. The molecule has 0 aromatic heterocycles. The number of imide groups is 1. The zero-order chi connectivity index (χ0) is 15.2. The van der Waals surface area contributed by atoms with E-state index < -0.39 is 37.7 Å². The highest BCUT2D eigenvalue weighted by Gasteiger charge is 2.87. The smallest absolute Gasteiger partial charge is 0.248 e. The van der Waals surface area contributed by atoms with Gasteiger partial charge in [0.25, 0.3) is 0 Å². The second-order valence-corrected chi connectivity index (χ2v) is 7.97. The van der Waals surface area contributed by atoms with Crippen LogP contribution in [0.5, 0.6) is 0 Å². The summed E-state index contributed by atoms with van der Waals surface area (Å²) in [5.41, 5.74) is 0. The number of nitriles is 1. The van der Waals surface area contributed by atoms with Crippen molar-refractivity contribution in [2.45, 2.75) is 14.1 Å². The summed E-state index contributed by atoms with van der Waals surface area (Å²) in [5.74, 6) is -4.15. The summed E-state index contributed by atoms with van der Waals surface area (Å²) in [7, 11) is 0. The largest absolute Gasteiger partial charge is 0.273 e. The van der Waals surface area contributed by atoms with Crippen molar-refractivity contribution in [1.29, 1.82) is 5.26 Å². The number of allylic oxidation sites excluding steroid dienone is 2. The minimum absolute atomic E-state index is 0.178. The van der Waals surface area contributed by atoms with Crippen LogP contribution in [0.25, 0.3) is 0 Å². The monoisotopic (exact) mass is 392 g/mol. The number of nitrogens with zero attached hydrogens (tertiary/aromatic N) is 2. The van der Waals surface area contributed by atoms with Gasteiger partial charge < -0.3 is 0 Å². The summed E-state index contributed by atoms with van der Waals surface area (Å²) in [6.45, 7) is 0. The maximum absolute atomic E-state index is 12.2. The minimum Gasteiger partial charge on any atom is -0.273 e. The molecule has 20 heavy (non-hydrogen) atoms. The fraction of sp³-hybridized carbons (Fsp3) is 0.500. The SMILES string of the molecule is N#CN1C(=O)C2C(C1=O)C1(Cl)C(Cl)=C(Cl)C2(Cl)C1(Cl)Cl. The normalized spacial score (nSPS) is 45.1. The molecule has 0 aromatic rings. The lowest BCUT2D eigenvalue weighted by atomic mass is 9.84. The van der Waals surface area contributed by atoms with E-state index in [1.54, 1.807) is 0 Å². The molecule has 4 atom stereocenters. The van der Waals surface area contributed by atoms with Gasteiger partial charge in [0.1, 0.15) is 9.75 Å². The number of hydrogen-bond donors (Lipinski definition) is 0. The highest BCUT2D eigenvalue weighted by Crippen LogP contribution is 2.77. The molecule has 0 N–H and O–H groups in total. The van der Waals surface area contributed by atoms with E-state index in [1.807, 2.05) is 0 Å². The Kier molecular flexibility index (Phi) is 2.93. The summed E-state index contributed by atoms with van der Waals surface area (Å²) < 4.78 is -1.96. The number of likely N-dealkylation sites (tertiary alicyclic amines) is 1. The molecular formula is C10H2Cl6N2O2. The highest BCUT2D eigenvalue weighted by molar-refractivity contribution is 6.66. The lowest BCUT2D eigenvalue weighted by Gasteiger charge is -2.33. The fourth-order valence-electron chi connectivity index (χ4n) is 3.09. The molecule has 3 aliphatic rings. The van der Waals surface area contributed by atoms with Crippen LogP contribution in [-0.2, 0) is 9.59 Å². The van der Waals surface area contributed by atoms with Crippen LogP contribution in [-0.4, -0.2) is 30.8 Å². The van der Waals surface area contributed by atoms with E-state index in [1.165, 1.54) is 6.19 Å². The topological polar surface area (TPSA) is 61.2 Å². The predicted molar refractivity (Wildman–Crippen MR) is 74.8 cm³/mol. The average molecular weight is 395 g/mol. The van der Waals surface area contributed by atoms with Crippen molar-refractivity contribution >= 4 is 81.4 Å². The number of amides is 2. The van der Waals surface area contributed by atoms with Gasteiger partial charge in [0, 0.05) is 0 Å². The van der Waals surface area contributed by atoms with Gasteiger partial charge in [0.15, 0.2) is 10.5 Å². The molecule has 1 heterocycles. The van der Waals surface area contributed by atoms with Gasteiger partial charge in [0.05, 0.1) is 21.9 Å². The van der Waals surface area contributed by atoms with Crippen molar-refractivity contribution < 1.29 is 9.59 Å². The van der Waals surface area contributed by atoms with Gasteiger partial charge in [-0.05, 0) is 0 Å². The van der Waals surface area contributed by atoms with Gasteiger partial charge >= 0.3 is 0 Å². The number of fused-ring (bicyclic) bond motifs is 5. The van der Waals surface area contributed by atoms with Crippen molar-refractivity contribution in [2.75, 3.05) is 0 Å². The number of halogens is 6. The summed E-state index contributed by atoms with van der Waals surface area (Å²) in [6, 6.07) is 0. The quantitative estimate of drug-likeness (QED) is 0.360. The Morgan fingerprint density at radius 1 is 0.950 bits per heavy atom. The van der Waals surface area contributed by atoms with Crippen molar-refractivity contribution in [3.8, 4) is 6.19 Å². The molecule has 3 rings (SSSR count). The van der Waals surface area contributed by atoms with Crippen LogP contribution in [0.4, 0.5) is 0 Å². The Bertz CT molecular complexity index is 609. The van der Waals surface area contributed by atoms with Crippen molar-refractivity contribution in [1.82, 2.24) is 4.90 Å². The van der Waals surface area contributed by atoms with Gasteiger partial charge in [-0.3, -0.25) is 9.59 Å². The maximum Gasteiger partial charge on any atom is 0.248 e. The lowest BCUT2D eigenvalue weighted by molar-refractivity contribution is -0.136. The predicted octanol–water partition coefficient (Wildman–Crippen LogP) is 2.91. The summed E-state index contributed by atoms with van der Waals surface area (Å²) in [6.07, 6.45) is 1.48. The number of carbonyl (C=O) groups is 2. The van der Waals surface area contributed by atoms with E-state index in [0.717, 1.165) is 0 Å². The molecule has 10 heteroatoms. The zero-order valence-electron chi connectivity index (χ0n) is 9.13. The van der Waals surface area contributed by atoms with Crippen molar-refractivity contribution in [3.63, 3.8) is 0 Å². The van der Waals surface area contributed by atoms with Crippen LogP contribution in [0.1, 0.15) is 0 Å². The Morgan fingerprint density at radius 2 is 1.30 bits per heavy atom. The average Bonchev–Trinajstić information content (AvgIpc) is 2.75. The van der Waals surface area contributed by atoms with Crippen LogP contribution >= 0.6 is 69.6 Å². The Morgan fingerprint density at radius 3 is 1.60 bits per heavy atom. The molecule has 0 aromatic carbocycles. The maximum atomic E-state index is 12.2. The van der Waals surface area contributed by atoms with Crippen molar-refractivity contribution in [3.05, 3.63) is 10.1 Å². The number of alkyl halides is 4. The third kappa shape index (κ3) is 1.14. The van der Waals surface area contributed by atoms with Gasteiger partial charge in [0.2, 0.25) is 11.8 Å². The van der Waals surface area contributed by atoms with E-state index >= 15 is 0 Å². The van der Waals surface area contributed by atoms with Gasteiger partial charge in [-0.2, -0.15) is 10.2 Å². The van der Waals surface area contributed by atoms with E-state index in [4.69, 9.17) is 74.9 Å². The molecule has 4 nitrogen and oxygen atoms in total. The zero-order valence-corrected chi connectivity index (χ0v) is 13.7. The first kappa shape index (κ1) is 15.0. The minimum atomic E-state index is -1.96. The first-order valence-corrected chi connectivity index (χ1v) is 7.44. The standard InChI is InChI=1S/C10H2Cl6N2O2/c11-4-5(12)9(14)3-2(8(4,13)10(9,15)16)6(19)18(1-17)7(3)20/h2-3H. The summed E-state index contributed by atoms with van der Waals surface area (Å²) in [5, 5.41) is 8.53. The Labute approximate surface area is 143 Å². The van der Waals surface area contributed by atoms with Crippen LogP contribution in [0, 0.1) is 23.3 Å². The fourth-order valence-corrected chi connectivity index (χ4v) is 6.02. The second-order valence-electron chi connectivity index (χ2n) is 4.69. The molecular weight excluding hydrogens is 393 g/mol. The van der Waals surface area contributed by atoms with E-state index in [-0.39, 0.29) is 10.1 Å². The summed E-state index contributed by atoms with van der Waals surface area (Å²) >= 11 is 37.3. The van der Waals surface area contributed by atoms with Gasteiger partial charge in [-0.1, -0.05) is 46.4 Å². The van der Waals surface area contributed by atoms with Gasteiger partial charge in [-0.25, -0.2) is 0 Å². The number of rotatable bonds is 0. The third-order valence-corrected chi connectivity index (χ3v) is 8.27. The number of hydrogen-bond acceptors (Lipinski definition) is 3. The van der Waals surface area contributed by atoms with Crippen molar-refractivity contribution in [2.24, 2.45) is 11.8 Å². The number of carbonyl (C=O) groups excluding carboxylic acids is 2. The highest BCUT2D eigenvalue weighted by atomic mass is 35.5. The second kappa shape index (κ2) is 3.90. The molecule has 2 amide bonds. The molecule has 1 aliphatic heterocycles. The van der Waals surface area contributed by atoms with Crippen LogP contribution < -0.4 is 0 Å². The van der Waals surface area contributed by atoms with E-state index in [0.29, 0.717) is 4.90 Å². The molecule has 106 valence electrons. The molecule has 4 unspecified atom stereocenters. The first-order chi connectivity index (χ1) is 9.08. The third-order valence-electron chi connectivity index (χ3n) is 4.01. The van der Waals surface area contributed by atoms with Crippen LogP contribution in [0.15, 0.2) is 10.1 Å². The van der Waals surface area contributed by atoms with Crippen LogP contribution in [0.2, 0.25) is 0 Å². The van der Waals surface area contributed by atoms with Gasteiger partial charge in [-0.15, -0.1) is 23.2 Å². The van der Waals surface area contributed by atoms with E-state index in [2.05, 4.69) is 0 Å². The molecule has 2 fully saturated rings. The molecule has 1 saturated heterocycles. The molecule has 0 radical (unpaired) electrons. The lowest BCUT2D eigenvalue weighted by Crippen LogP contribution is -2.49. The molecule has 2 aliphatic carbocycles. The molecule has 1 saturated carbocycles.